The number of hydrogen-bond acceptors (Lipinski definition) is 2. The molecule has 0 spiro atoms. The summed E-state index contributed by atoms with van der Waals surface area (Å²) in [5.74, 6) is 3.34. The minimum absolute atomic E-state index is 0.179. The van der Waals surface area contributed by atoms with Crippen LogP contribution in [0.2, 0.25) is 0 Å². The van der Waals surface area contributed by atoms with E-state index in [-0.39, 0.29) is 43.0 Å². The van der Waals surface area contributed by atoms with Gasteiger partial charge in [-0.05, 0) is 146 Å². The van der Waals surface area contributed by atoms with Gasteiger partial charge in [0.15, 0.2) is 36.5 Å². The van der Waals surface area contributed by atoms with Crippen molar-refractivity contribution in [2.45, 2.75) is 29.4 Å². The monoisotopic (exact) mass is 1270 g/mol. The molecule has 0 aliphatic heterocycles. The molecule has 2 nitrogen and oxygen atoms in total. The van der Waals surface area contributed by atoms with Crippen molar-refractivity contribution in [2.24, 2.45) is 0 Å². The molecule has 0 fully saturated rings. The summed E-state index contributed by atoms with van der Waals surface area (Å²) in [6, 6.07) is 76.9. The van der Waals surface area contributed by atoms with Crippen LogP contribution in [-0.4, -0.2) is 0 Å². The molecule has 0 heterocycles. The second-order valence-electron chi connectivity index (χ2n) is 14.9. The van der Waals surface area contributed by atoms with Gasteiger partial charge in [0.2, 0.25) is 0 Å². The topological polar surface area (TPSA) is 18.5 Å². The van der Waals surface area contributed by atoms with Crippen LogP contribution >= 0.6 is 23.4 Å². The molecule has 0 radical (unpaired) electrons. The van der Waals surface area contributed by atoms with Gasteiger partial charge < -0.3 is 9.47 Å². The van der Waals surface area contributed by atoms with Crippen LogP contribution in [0, 0.1) is 7.14 Å². The summed E-state index contributed by atoms with van der Waals surface area (Å²) in [4.78, 5) is 7.73. The van der Waals surface area contributed by atoms with Crippen LogP contribution in [0.3, 0.4) is 0 Å². The SMILES string of the molecule is F[P-](F)(F)(F)(F)F.F[P-](F)(F)(F)(F)F.F[P-](F)(F)(F)(F)F.c1ccc([S+](c2ccccc2)c2ccc(Oc3ccc([I+]c4ccc(Oc5ccc([S+](c6ccccc6)c6ccccc6)cc5)cc4)cc3)cc2)cc1. The van der Waals surface area contributed by atoms with E-state index >= 15 is 0 Å². The van der Waals surface area contributed by atoms with Crippen molar-refractivity contribution in [2.75, 3.05) is 0 Å². The Morgan fingerprint density at radius 3 is 0.581 bits per heavy atom. The number of benzene rings is 8. The zero-order valence-corrected chi connectivity index (χ0v) is 43.4. The van der Waals surface area contributed by atoms with Crippen LogP contribution in [0.1, 0.15) is 0 Å². The smallest absolute Gasteiger partial charge is 0.357 e. The van der Waals surface area contributed by atoms with Crippen molar-refractivity contribution in [1.29, 1.82) is 0 Å². The van der Waals surface area contributed by atoms with Crippen molar-refractivity contribution >= 4 is 45.2 Å². The zero-order chi connectivity index (χ0) is 54.9. The molecule has 0 saturated carbocycles. The third kappa shape index (κ3) is 27.4. The molecular weight excluding hydrogens is 1230 g/mol. The van der Waals surface area contributed by atoms with E-state index in [1.807, 2.05) is 0 Å². The molecule has 0 unspecified atom stereocenters. The van der Waals surface area contributed by atoms with Gasteiger partial charge in [-0.3, -0.25) is 0 Å². The fourth-order valence-electron chi connectivity index (χ4n) is 5.86. The number of ether oxygens (including phenoxy) is 2. The molecule has 74 heavy (non-hydrogen) atoms. The van der Waals surface area contributed by atoms with Crippen LogP contribution < -0.4 is 30.7 Å². The number of rotatable bonds is 12. The van der Waals surface area contributed by atoms with Crippen molar-refractivity contribution in [3.8, 4) is 23.0 Å². The summed E-state index contributed by atoms with van der Waals surface area (Å²) >= 11 is -0.341. The standard InChI is InChI=1S/C48H36IO2S2.3F6P/c1-5-13-43(14-6-1)52(44-15-7-2-8-16-44)47-33-29-41(30-34-47)50-39-25-21-37(22-26-39)49-38-23-27-40(28-24-38)51-42-31-35-48(36-32-42)53(45-17-9-3-10-18-45)46-19-11-4-12-20-46;3*1-7(2,3,4,5)6/h1-36H;;;/q+3;3*-1. The van der Waals surface area contributed by atoms with Crippen LogP contribution in [0.25, 0.3) is 0 Å². The number of halogens is 19. The summed E-state index contributed by atoms with van der Waals surface area (Å²) in [5, 5.41) is 0. The van der Waals surface area contributed by atoms with Crippen molar-refractivity contribution in [1.82, 2.24) is 0 Å². The first-order chi connectivity index (χ1) is 33.6. The van der Waals surface area contributed by atoms with Crippen LogP contribution in [0.5, 0.6) is 23.0 Å². The first-order valence-electron chi connectivity index (χ1n) is 20.4. The van der Waals surface area contributed by atoms with Gasteiger partial charge in [0.25, 0.3) is 0 Å². The molecule has 0 N–H and O–H groups in total. The second-order valence-corrected chi connectivity index (χ2v) is 27.7. The Morgan fingerprint density at radius 2 is 0.392 bits per heavy atom. The maximum Gasteiger partial charge on any atom is 0.357 e. The minimum atomic E-state index is -10.7. The van der Waals surface area contributed by atoms with Gasteiger partial charge in [0.1, 0.15) is 23.0 Å². The van der Waals surface area contributed by atoms with Crippen LogP contribution in [-0.2, 0) is 21.8 Å². The molecule has 0 amide bonds. The van der Waals surface area contributed by atoms with Crippen molar-refractivity contribution in [3.05, 3.63) is 226 Å². The average molecular weight is 1270 g/mol. The van der Waals surface area contributed by atoms with Gasteiger partial charge in [0, 0.05) is 0 Å². The van der Waals surface area contributed by atoms with E-state index in [1.54, 1.807) is 0 Å². The van der Waals surface area contributed by atoms with E-state index in [9.17, 15) is 75.5 Å². The molecule has 0 aromatic heterocycles. The molecular formula is C48H36F18IO2P3S2. The normalized spacial score (nSPS) is 14.5. The zero-order valence-electron chi connectivity index (χ0n) is 36.9. The van der Waals surface area contributed by atoms with Crippen molar-refractivity contribution < 1.29 is 106 Å². The Balaban J connectivity index is 0.000000406. The molecule has 0 aliphatic rings. The van der Waals surface area contributed by atoms with E-state index in [2.05, 4.69) is 218 Å². The molecule has 0 saturated heterocycles. The molecule has 8 aromatic carbocycles. The summed E-state index contributed by atoms with van der Waals surface area (Å²) < 4.78 is 193. The van der Waals surface area contributed by atoms with Gasteiger partial charge in [-0.25, -0.2) is 0 Å². The molecule has 0 aliphatic carbocycles. The van der Waals surface area contributed by atoms with Crippen LogP contribution in [0.15, 0.2) is 248 Å². The quantitative estimate of drug-likeness (QED) is 0.0525. The summed E-state index contributed by atoms with van der Waals surface area (Å²) in [6.07, 6.45) is 0. The van der Waals surface area contributed by atoms with Gasteiger partial charge in [-0.1, -0.05) is 72.8 Å². The maximum absolute atomic E-state index is 10.7. The fraction of sp³-hybridized carbons (Fsp3) is 0. The first-order valence-corrected chi connectivity index (χ1v) is 31.1. The summed E-state index contributed by atoms with van der Waals surface area (Å²) in [6.45, 7) is 0. The predicted molar refractivity (Wildman–Crippen MR) is 254 cm³/mol. The third-order valence-electron chi connectivity index (χ3n) is 8.35. The van der Waals surface area contributed by atoms with E-state index in [1.165, 1.54) is 36.5 Å². The van der Waals surface area contributed by atoms with Gasteiger partial charge in [0.05, 0.1) is 21.8 Å². The molecule has 0 bridgehead atoms. The molecule has 8 rings (SSSR count). The Kier molecular flexibility index (Phi) is 16.7. The first kappa shape index (κ1) is 59.7. The third-order valence-corrected chi connectivity index (χ3v) is 15.5. The van der Waals surface area contributed by atoms with Gasteiger partial charge in [-0.2, -0.15) is 0 Å². The molecule has 400 valence electrons. The maximum atomic E-state index is 9.87. The van der Waals surface area contributed by atoms with Gasteiger partial charge >= 0.3 is 120 Å². The van der Waals surface area contributed by atoms with E-state index in [4.69, 9.17) is 9.47 Å². The summed E-state index contributed by atoms with van der Waals surface area (Å²) in [7, 11) is -32.3. The van der Waals surface area contributed by atoms with E-state index in [0.29, 0.717) is 0 Å². The number of hydrogen-bond donors (Lipinski definition) is 0. The molecule has 8 aromatic rings. The Hall–Kier alpha value is -5.18. The molecule has 0 atom stereocenters. The fourth-order valence-corrected chi connectivity index (χ4v) is 12.2. The van der Waals surface area contributed by atoms with Crippen LogP contribution in [0.4, 0.5) is 75.5 Å². The van der Waals surface area contributed by atoms with Gasteiger partial charge in [-0.15, -0.1) is 0 Å². The Morgan fingerprint density at radius 1 is 0.230 bits per heavy atom. The summed E-state index contributed by atoms with van der Waals surface area (Å²) in [5.41, 5.74) is 0. The molecule has 26 heteroatoms. The van der Waals surface area contributed by atoms with Crippen molar-refractivity contribution in [3.63, 3.8) is 0 Å². The Bertz CT molecular complexity index is 2710. The largest absolute Gasteiger partial charge is 0.457 e. The second kappa shape index (κ2) is 20.7. The Labute approximate surface area is 427 Å². The van der Waals surface area contributed by atoms with E-state index < -0.39 is 23.4 Å². The van der Waals surface area contributed by atoms with E-state index in [0.717, 1.165) is 23.0 Å². The predicted octanol–water partition coefficient (Wildman–Crippen LogP) is 19.7. The average Bonchev–Trinajstić information content (AvgIpc) is 3.27. The minimum Gasteiger partial charge on any atom is -0.457 e.